The summed E-state index contributed by atoms with van der Waals surface area (Å²) in [5.74, 6) is 0. The summed E-state index contributed by atoms with van der Waals surface area (Å²) in [6.07, 6.45) is 25.9. The van der Waals surface area contributed by atoms with Gasteiger partial charge in [0.15, 0.2) is 0 Å². The van der Waals surface area contributed by atoms with Gasteiger partial charge in [-0.05, 0) is 115 Å². The lowest BCUT2D eigenvalue weighted by molar-refractivity contribution is 0.493. The van der Waals surface area contributed by atoms with Crippen LogP contribution in [0.3, 0.4) is 0 Å². The lowest BCUT2D eigenvalue weighted by Crippen LogP contribution is -2.11. The van der Waals surface area contributed by atoms with Crippen molar-refractivity contribution in [2.45, 2.75) is 168 Å². The molecule has 0 saturated carbocycles. The zero-order chi connectivity index (χ0) is 38.3. The molecule has 0 bridgehead atoms. The van der Waals surface area contributed by atoms with E-state index in [1.165, 1.54) is 115 Å². The van der Waals surface area contributed by atoms with Crippen molar-refractivity contribution in [2.24, 2.45) is 0 Å². The Morgan fingerprint density at radius 1 is 0.472 bits per heavy atom. The fourth-order valence-corrected chi connectivity index (χ4v) is 7.60. The van der Waals surface area contributed by atoms with Crippen LogP contribution in [0.15, 0.2) is 86.5 Å². The fraction of sp³-hybridized carbons (Fsp3) is 0.520. The van der Waals surface area contributed by atoms with Crippen LogP contribution in [-0.4, -0.2) is 15.0 Å². The van der Waals surface area contributed by atoms with Gasteiger partial charge in [-0.15, -0.1) is 19.7 Å². The number of hydrogen-bond donors (Lipinski definition) is 0. The number of aryl methyl sites for hydroxylation is 1. The standard InChI is InChI=1S/C50H71N3/c1-10-13-16-19-22-25-28-43-44(29-26-23-20-17-14-11-2)46(40-32-36-42(37-33-40)50(7,8)9)48-47(51-53(52-48)38-27-24-21-18-15-12-3)45(43)39-30-34-41(35-31-39)49(4,5)6/h10-12,30-37H,1-3,13-29,38H2,4-9H3. The summed E-state index contributed by atoms with van der Waals surface area (Å²) in [6.45, 7) is 26.5. The minimum atomic E-state index is 0.0940. The van der Waals surface area contributed by atoms with Crippen LogP contribution in [0, 0.1) is 0 Å². The molecule has 4 aromatic rings. The van der Waals surface area contributed by atoms with Crippen molar-refractivity contribution in [3.63, 3.8) is 0 Å². The Hall–Kier alpha value is -3.72. The van der Waals surface area contributed by atoms with Crippen LogP contribution < -0.4 is 0 Å². The summed E-state index contributed by atoms with van der Waals surface area (Å²) >= 11 is 0. The van der Waals surface area contributed by atoms with Crippen molar-refractivity contribution in [1.82, 2.24) is 15.0 Å². The topological polar surface area (TPSA) is 30.7 Å². The van der Waals surface area contributed by atoms with Gasteiger partial charge >= 0.3 is 0 Å². The molecule has 0 aliphatic heterocycles. The Labute approximate surface area is 324 Å². The molecular weight excluding hydrogens is 643 g/mol. The van der Waals surface area contributed by atoms with Crippen molar-refractivity contribution < 1.29 is 0 Å². The molecule has 1 aromatic heterocycles. The molecule has 0 N–H and O–H groups in total. The van der Waals surface area contributed by atoms with E-state index in [1.54, 1.807) is 0 Å². The van der Waals surface area contributed by atoms with Crippen LogP contribution in [0.5, 0.6) is 0 Å². The molecule has 0 fully saturated rings. The highest BCUT2D eigenvalue weighted by molar-refractivity contribution is 6.04. The molecule has 0 aliphatic rings. The normalized spacial score (nSPS) is 12.0. The second-order valence-corrected chi connectivity index (χ2v) is 17.3. The maximum atomic E-state index is 5.41. The van der Waals surface area contributed by atoms with Crippen LogP contribution in [0.2, 0.25) is 0 Å². The van der Waals surface area contributed by atoms with Crippen LogP contribution in [0.1, 0.15) is 160 Å². The van der Waals surface area contributed by atoms with Crippen molar-refractivity contribution in [3.05, 3.63) is 109 Å². The first-order valence-corrected chi connectivity index (χ1v) is 21.0. The highest BCUT2D eigenvalue weighted by Crippen LogP contribution is 2.43. The van der Waals surface area contributed by atoms with Gasteiger partial charge in [0.05, 0.1) is 6.54 Å². The molecule has 53 heavy (non-hydrogen) atoms. The third kappa shape index (κ3) is 12.1. The van der Waals surface area contributed by atoms with Gasteiger partial charge in [-0.2, -0.15) is 15.0 Å². The van der Waals surface area contributed by atoms with Crippen LogP contribution in [-0.2, 0) is 30.2 Å². The molecule has 0 atom stereocenters. The van der Waals surface area contributed by atoms with Gasteiger partial charge in [0.1, 0.15) is 11.0 Å². The Bertz CT molecular complexity index is 1600. The molecule has 3 nitrogen and oxygen atoms in total. The van der Waals surface area contributed by atoms with E-state index < -0.39 is 0 Å². The highest BCUT2D eigenvalue weighted by Gasteiger charge is 2.26. The Morgan fingerprint density at radius 3 is 1.15 bits per heavy atom. The second-order valence-electron chi connectivity index (χ2n) is 17.3. The molecule has 1 heterocycles. The van der Waals surface area contributed by atoms with Gasteiger partial charge < -0.3 is 0 Å². The summed E-state index contributed by atoms with van der Waals surface area (Å²) in [5.41, 5.74) is 13.1. The smallest absolute Gasteiger partial charge is 0.121 e. The first-order valence-electron chi connectivity index (χ1n) is 21.0. The Morgan fingerprint density at radius 2 is 0.811 bits per heavy atom. The number of allylic oxidation sites excluding steroid dienone is 3. The number of hydrogen-bond acceptors (Lipinski definition) is 2. The van der Waals surface area contributed by atoms with Crippen LogP contribution in [0.4, 0.5) is 0 Å². The van der Waals surface area contributed by atoms with Gasteiger partial charge in [-0.25, -0.2) is 0 Å². The molecule has 0 unspecified atom stereocenters. The van der Waals surface area contributed by atoms with Crippen molar-refractivity contribution in [1.29, 1.82) is 0 Å². The largest absolute Gasteiger partial charge is 0.184 e. The number of benzene rings is 3. The van der Waals surface area contributed by atoms with Crippen LogP contribution >= 0.6 is 0 Å². The van der Waals surface area contributed by atoms with E-state index in [1.807, 2.05) is 10.9 Å². The number of rotatable bonds is 23. The summed E-state index contributed by atoms with van der Waals surface area (Å²) in [5, 5.41) is 10.8. The number of aromatic nitrogens is 3. The lowest BCUT2D eigenvalue weighted by Gasteiger charge is -2.23. The molecule has 0 aliphatic carbocycles. The van der Waals surface area contributed by atoms with E-state index in [4.69, 9.17) is 10.2 Å². The van der Waals surface area contributed by atoms with E-state index >= 15 is 0 Å². The summed E-state index contributed by atoms with van der Waals surface area (Å²) in [6, 6.07) is 18.8. The van der Waals surface area contributed by atoms with Crippen LogP contribution in [0.25, 0.3) is 33.3 Å². The molecule has 0 spiro atoms. The summed E-state index contributed by atoms with van der Waals surface area (Å²) in [4.78, 5) is 2.02. The average Bonchev–Trinajstić information content (AvgIpc) is 3.55. The third-order valence-corrected chi connectivity index (χ3v) is 10.9. The predicted molar refractivity (Wildman–Crippen MR) is 233 cm³/mol. The van der Waals surface area contributed by atoms with E-state index in [2.05, 4.69) is 122 Å². The zero-order valence-corrected chi connectivity index (χ0v) is 34.5. The minimum Gasteiger partial charge on any atom is -0.184 e. The second kappa shape index (κ2) is 20.7. The zero-order valence-electron chi connectivity index (χ0n) is 34.5. The molecule has 0 radical (unpaired) electrons. The van der Waals surface area contributed by atoms with E-state index in [0.29, 0.717) is 0 Å². The molecule has 4 rings (SSSR count). The van der Waals surface area contributed by atoms with Gasteiger partial charge in [0.25, 0.3) is 0 Å². The van der Waals surface area contributed by atoms with Gasteiger partial charge in [0, 0.05) is 11.1 Å². The first kappa shape index (κ1) is 42.0. The Kier molecular flexibility index (Phi) is 16.4. The van der Waals surface area contributed by atoms with E-state index in [0.717, 1.165) is 56.1 Å². The van der Waals surface area contributed by atoms with E-state index in [-0.39, 0.29) is 10.8 Å². The molecule has 0 amide bonds. The monoisotopic (exact) mass is 714 g/mol. The molecule has 0 saturated heterocycles. The quantitative estimate of drug-likeness (QED) is 0.0566. The van der Waals surface area contributed by atoms with Crippen molar-refractivity contribution in [2.75, 3.05) is 0 Å². The fourth-order valence-electron chi connectivity index (χ4n) is 7.60. The molecular formula is C50H71N3. The van der Waals surface area contributed by atoms with Crippen molar-refractivity contribution in [3.8, 4) is 22.3 Å². The molecule has 286 valence electrons. The summed E-state index contributed by atoms with van der Waals surface area (Å²) in [7, 11) is 0. The van der Waals surface area contributed by atoms with E-state index in [9.17, 15) is 0 Å². The average molecular weight is 714 g/mol. The number of nitrogens with zero attached hydrogens (tertiary/aromatic N) is 3. The first-order chi connectivity index (χ1) is 25.5. The SMILES string of the molecule is C=CCCCCCCc1c(CCCCCCC=C)c(-c2ccc(C(C)(C)C)cc2)c2nn(CCCCCCC=C)nc2c1-c1ccc(C(C)(C)C)cc1. The maximum absolute atomic E-state index is 5.41. The van der Waals surface area contributed by atoms with Gasteiger partial charge in [-0.1, -0.05) is 147 Å². The maximum Gasteiger partial charge on any atom is 0.121 e. The number of fused-ring (bicyclic) bond motifs is 1. The Balaban J connectivity index is 1.94. The molecule has 3 aromatic carbocycles. The third-order valence-electron chi connectivity index (χ3n) is 10.9. The lowest BCUT2D eigenvalue weighted by atomic mass is 9.81. The van der Waals surface area contributed by atoms with Crippen molar-refractivity contribution >= 4 is 11.0 Å². The predicted octanol–water partition coefficient (Wildman–Crippen LogP) is 14.9. The minimum absolute atomic E-state index is 0.0940. The molecule has 3 heteroatoms. The highest BCUT2D eigenvalue weighted by atomic mass is 15.5. The number of unbranched alkanes of at least 4 members (excludes halogenated alkanes) is 12. The van der Waals surface area contributed by atoms with Gasteiger partial charge in [-0.3, -0.25) is 0 Å². The van der Waals surface area contributed by atoms with Gasteiger partial charge in [0.2, 0.25) is 0 Å². The summed E-state index contributed by atoms with van der Waals surface area (Å²) < 4.78 is 0.